The van der Waals surface area contributed by atoms with Crippen LogP contribution in [0.4, 0.5) is 4.39 Å². The molecular formula is C18H18ClFN2OS. The summed E-state index contributed by atoms with van der Waals surface area (Å²) < 4.78 is 19.8. The molecule has 0 aliphatic carbocycles. The molecule has 0 unspecified atom stereocenters. The van der Waals surface area contributed by atoms with Gasteiger partial charge >= 0.3 is 0 Å². The molecule has 1 aromatic heterocycles. The summed E-state index contributed by atoms with van der Waals surface area (Å²) in [6, 6.07) is 13.9. The fraction of sp³-hybridized carbons (Fsp3) is 0.167. The van der Waals surface area contributed by atoms with E-state index in [0.717, 1.165) is 20.8 Å². The van der Waals surface area contributed by atoms with Gasteiger partial charge < -0.3 is 10.5 Å². The molecule has 2 aromatic carbocycles. The predicted molar refractivity (Wildman–Crippen MR) is 101 cm³/mol. The Morgan fingerprint density at radius 2 is 2.00 bits per heavy atom. The third-order valence-electron chi connectivity index (χ3n) is 3.37. The van der Waals surface area contributed by atoms with E-state index < -0.39 is 0 Å². The number of halogens is 2. The van der Waals surface area contributed by atoms with Crippen molar-refractivity contribution >= 4 is 34.0 Å². The average Bonchev–Trinajstić information content (AvgIpc) is 2.97. The zero-order valence-electron chi connectivity index (χ0n) is 13.2. The van der Waals surface area contributed by atoms with Gasteiger partial charge in [-0.2, -0.15) is 0 Å². The summed E-state index contributed by atoms with van der Waals surface area (Å²) in [5, 5.41) is 0.964. The molecule has 24 heavy (non-hydrogen) atoms. The minimum absolute atomic E-state index is 0. The van der Waals surface area contributed by atoms with Crippen LogP contribution in [-0.4, -0.2) is 18.1 Å². The number of aromatic nitrogens is 1. The molecule has 1 heterocycles. The maximum atomic E-state index is 13.3. The lowest BCUT2D eigenvalue weighted by atomic mass is 10.2. The SMILES string of the molecule is Cc1ccc(-c2nc3ccc(OC/C(F)=C/CN)cc3s2)cc1.Cl. The third kappa shape index (κ3) is 4.32. The van der Waals surface area contributed by atoms with E-state index in [-0.39, 0.29) is 31.4 Å². The fourth-order valence-electron chi connectivity index (χ4n) is 2.15. The molecule has 3 nitrogen and oxygen atoms in total. The standard InChI is InChI=1S/C18H17FN2OS.ClH/c1-12-2-4-13(5-3-12)18-21-16-7-6-15(10-17(16)23-18)22-11-14(19)8-9-20;/h2-8,10H,9,11,20H2,1H3;1H/b14-8-;. The van der Waals surface area contributed by atoms with E-state index in [1.807, 2.05) is 12.1 Å². The Hall–Kier alpha value is -1.95. The van der Waals surface area contributed by atoms with Gasteiger partial charge in [0.1, 0.15) is 23.2 Å². The highest BCUT2D eigenvalue weighted by molar-refractivity contribution is 7.21. The first-order chi connectivity index (χ1) is 11.2. The van der Waals surface area contributed by atoms with Crippen LogP contribution in [0.3, 0.4) is 0 Å². The van der Waals surface area contributed by atoms with Crippen LogP contribution >= 0.6 is 23.7 Å². The molecule has 126 valence electrons. The number of aryl methyl sites for hydroxylation is 1. The monoisotopic (exact) mass is 364 g/mol. The zero-order chi connectivity index (χ0) is 16.2. The Labute approximate surface area is 150 Å². The molecule has 0 amide bonds. The molecule has 0 aliphatic rings. The largest absolute Gasteiger partial charge is 0.486 e. The van der Waals surface area contributed by atoms with E-state index >= 15 is 0 Å². The molecule has 2 N–H and O–H groups in total. The second-order valence-corrected chi connectivity index (χ2v) is 6.22. The smallest absolute Gasteiger partial charge is 0.139 e. The summed E-state index contributed by atoms with van der Waals surface area (Å²) in [5.41, 5.74) is 8.49. The molecule has 0 spiro atoms. The predicted octanol–water partition coefficient (Wildman–Crippen LogP) is 4.88. The highest BCUT2D eigenvalue weighted by Gasteiger charge is 2.07. The Balaban J connectivity index is 0.00000208. The Bertz CT molecular complexity index is 846. The van der Waals surface area contributed by atoms with Crippen LogP contribution in [0.25, 0.3) is 20.8 Å². The van der Waals surface area contributed by atoms with Crippen LogP contribution in [0, 0.1) is 6.92 Å². The summed E-state index contributed by atoms with van der Waals surface area (Å²) in [7, 11) is 0. The zero-order valence-corrected chi connectivity index (χ0v) is 14.8. The first kappa shape index (κ1) is 18.4. The van der Waals surface area contributed by atoms with Crippen LogP contribution in [0.15, 0.2) is 54.4 Å². The minimum Gasteiger partial charge on any atom is -0.486 e. The van der Waals surface area contributed by atoms with Crippen LogP contribution in [-0.2, 0) is 0 Å². The van der Waals surface area contributed by atoms with E-state index in [9.17, 15) is 4.39 Å². The van der Waals surface area contributed by atoms with Crippen molar-refractivity contribution in [2.45, 2.75) is 6.92 Å². The fourth-order valence-corrected chi connectivity index (χ4v) is 3.15. The van der Waals surface area contributed by atoms with Crippen LogP contribution in [0.1, 0.15) is 5.56 Å². The third-order valence-corrected chi connectivity index (χ3v) is 4.44. The lowest BCUT2D eigenvalue weighted by Gasteiger charge is -2.03. The Morgan fingerprint density at radius 3 is 2.71 bits per heavy atom. The van der Waals surface area contributed by atoms with Crippen molar-refractivity contribution in [2.24, 2.45) is 5.73 Å². The number of nitrogens with zero attached hydrogens (tertiary/aromatic N) is 1. The molecule has 0 saturated heterocycles. The highest BCUT2D eigenvalue weighted by atomic mass is 35.5. The number of benzene rings is 2. The van der Waals surface area contributed by atoms with Gasteiger partial charge in [-0.25, -0.2) is 9.37 Å². The molecule has 3 aromatic rings. The number of rotatable bonds is 5. The number of hydrogen-bond acceptors (Lipinski definition) is 4. The van der Waals surface area contributed by atoms with Gasteiger partial charge in [-0.1, -0.05) is 29.8 Å². The van der Waals surface area contributed by atoms with Gasteiger partial charge in [0, 0.05) is 12.1 Å². The van der Waals surface area contributed by atoms with Gasteiger partial charge in [0.05, 0.1) is 10.2 Å². The van der Waals surface area contributed by atoms with Gasteiger partial charge in [-0.15, -0.1) is 23.7 Å². The highest BCUT2D eigenvalue weighted by Crippen LogP contribution is 2.32. The van der Waals surface area contributed by atoms with E-state index in [0.29, 0.717) is 5.75 Å². The molecule has 0 radical (unpaired) electrons. The molecule has 0 fully saturated rings. The molecule has 0 aliphatic heterocycles. The van der Waals surface area contributed by atoms with Gasteiger partial charge in [0.2, 0.25) is 0 Å². The average molecular weight is 365 g/mol. The van der Waals surface area contributed by atoms with Gasteiger partial charge in [-0.05, 0) is 31.2 Å². The maximum Gasteiger partial charge on any atom is 0.139 e. The lowest BCUT2D eigenvalue weighted by Crippen LogP contribution is -2.01. The topological polar surface area (TPSA) is 48.1 Å². The Morgan fingerprint density at radius 1 is 1.25 bits per heavy atom. The van der Waals surface area contributed by atoms with E-state index in [2.05, 4.69) is 36.2 Å². The molecule has 0 saturated carbocycles. The lowest BCUT2D eigenvalue weighted by molar-refractivity contribution is 0.318. The van der Waals surface area contributed by atoms with Gasteiger partial charge in [0.25, 0.3) is 0 Å². The maximum absolute atomic E-state index is 13.3. The summed E-state index contributed by atoms with van der Waals surface area (Å²) in [5.74, 6) is 0.259. The number of thiazole rings is 1. The Kier molecular flexibility index (Phi) is 6.31. The van der Waals surface area contributed by atoms with Crippen LogP contribution in [0.2, 0.25) is 0 Å². The molecule has 0 atom stereocenters. The van der Waals surface area contributed by atoms with E-state index in [1.54, 1.807) is 17.4 Å². The number of hydrogen-bond donors (Lipinski definition) is 1. The van der Waals surface area contributed by atoms with Crippen molar-refractivity contribution < 1.29 is 9.13 Å². The molecular weight excluding hydrogens is 347 g/mol. The second kappa shape index (κ2) is 8.24. The van der Waals surface area contributed by atoms with Crippen molar-refractivity contribution in [3.05, 3.63) is 59.9 Å². The second-order valence-electron chi connectivity index (χ2n) is 5.19. The van der Waals surface area contributed by atoms with Gasteiger partial charge in [-0.3, -0.25) is 0 Å². The summed E-state index contributed by atoms with van der Waals surface area (Å²) >= 11 is 1.60. The number of nitrogens with two attached hydrogens (primary N) is 1. The normalized spacial score (nSPS) is 11.4. The molecule has 0 bridgehead atoms. The van der Waals surface area contributed by atoms with Gasteiger partial charge in [0.15, 0.2) is 0 Å². The summed E-state index contributed by atoms with van der Waals surface area (Å²) in [6.07, 6.45) is 1.31. The summed E-state index contributed by atoms with van der Waals surface area (Å²) in [4.78, 5) is 4.64. The summed E-state index contributed by atoms with van der Waals surface area (Å²) in [6.45, 7) is 2.12. The van der Waals surface area contributed by atoms with Crippen molar-refractivity contribution in [1.82, 2.24) is 4.98 Å². The van der Waals surface area contributed by atoms with Crippen LogP contribution < -0.4 is 10.5 Å². The van der Waals surface area contributed by atoms with Crippen molar-refractivity contribution in [2.75, 3.05) is 13.2 Å². The molecule has 3 rings (SSSR count). The first-order valence-electron chi connectivity index (χ1n) is 7.31. The minimum atomic E-state index is -0.364. The van der Waals surface area contributed by atoms with Crippen LogP contribution in [0.5, 0.6) is 5.75 Å². The first-order valence-corrected chi connectivity index (χ1v) is 8.12. The van der Waals surface area contributed by atoms with Crippen molar-refractivity contribution in [1.29, 1.82) is 0 Å². The number of ether oxygens (including phenoxy) is 1. The van der Waals surface area contributed by atoms with E-state index in [4.69, 9.17) is 10.5 Å². The van der Waals surface area contributed by atoms with E-state index in [1.165, 1.54) is 11.6 Å². The van der Waals surface area contributed by atoms with Crippen molar-refractivity contribution in [3.63, 3.8) is 0 Å². The molecule has 6 heteroatoms. The number of fused-ring (bicyclic) bond motifs is 1. The quantitative estimate of drug-likeness (QED) is 0.701. The van der Waals surface area contributed by atoms with Crippen molar-refractivity contribution in [3.8, 4) is 16.3 Å².